The quantitative estimate of drug-likeness (QED) is 0.548. The SMILES string of the molecule is Cc1sc(C(C)Nc2ncnc3[nH]ncc23)nc1-c1ccc(Cl)cc1. The predicted octanol–water partition coefficient (Wildman–Crippen LogP) is 4.61. The van der Waals surface area contributed by atoms with Crippen molar-refractivity contribution in [2.45, 2.75) is 19.9 Å². The molecule has 0 saturated heterocycles. The molecule has 0 aliphatic heterocycles. The van der Waals surface area contributed by atoms with Crippen LogP contribution in [0.1, 0.15) is 22.9 Å². The number of nitrogens with zero attached hydrogens (tertiary/aromatic N) is 4. The molecule has 2 N–H and O–H groups in total. The van der Waals surface area contributed by atoms with E-state index in [0.717, 1.165) is 32.5 Å². The second-order valence-electron chi connectivity index (χ2n) is 5.68. The molecule has 0 radical (unpaired) electrons. The molecule has 0 amide bonds. The fourth-order valence-electron chi connectivity index (χ4n) is 2.62. The van der Waals surface area contributed by atoms with Gasteiger partial charge < -0.3 is 5.32 Å². The van der Waals surface area contributed by atoms with Crippen molar-refractivity contribution in [2.75, 3.05) is 5.32 Å². The molecule has 0 spiro atoms. The number of benzene rings is 1. The van der Waals surface area contributed by atoms with Crippen molar-refractivity contribution in [1.82, 2.24) is 25.1 Å². The van der Waals surface area contributed by atoms with E-state index >= 15 is 0 Å². The van der Waals surface area contributed by atoms with Gasteiger partial charge in [-0.15, -0.1) is 11.3 Å². The summed E-state index contributed by atoms with van der Waals surface area (Å²) < 4.78 is 0. The number of aromatic nitrogens is 5. The average molecular weight is 371 g/mol. The maximum atomic E-state index is 5.98. The van der Waals surface area contributed by atoms with E-state index in [2.05, 4.69) is 39.3 Å². The van der Waals surface area contributed by atoms with Gasteiger partial charge in [-0.2, -0.15) is 5.10 Å². The summed E-state index contributed by atoms with van der Waals surface area (Å²) in [7, 11) is 0. The number of rotatable bonds is 4. The summed E-state index contributed by atoms with van der Waals surface area (Å²) in [5, 5.41) is 12.8. The number of H-pyrrole nitrogens is 1. The van der Waals surface area contributed by atoms with E-state index in [1.165, 1.54) is 11.2 Å². The summed E-state index contributed by atoms with van der Waals surface area (Å²) >= 11 is 7.65. The first-order chi connectivity index (χ1) is 12.1. The van der Waals surface area contributed by atoms with Crippen molar-refractivity contribution in [3.8, 4) is 11.3 Å². The molecule has 25 heavy (non-hydrogen) atoms. The highest BCUT2D eigenvalue weighted by Crippen LogP contribution is 2.32. The van der Waals surface area contributed by atoms with Crippen LogP contribution in [0, 0.1) is 6.92 Å². The lowest BCUT2D eigenvalue weighted by Gasteiger charge is -2.12. The van der Waals surface area contributed by atoms with Crippen LogP contribution in [0.25, 0.3) is 22.3 Å². The largest absolute Gasteiger partial charge is 0.360 e. The Morgan fingerprint density at radius 3 is 2.80 bits per heavy atom. The molecule has 0 bridgehead atoms. The monoisotopic (exact) mass is 370 g/mol. The third kappa shape index (κ3) is 3.08. The molecular formula is C17H15ClN6S. The standard InChI is InChI=1S/C17H15ClN6S/c1-9(22-15-13-7-21-24-16(13)20-8-19-15)17-23-14(10(2)25-17)11-3-5-12(18)6-4-11/h3-9H,1-2H3,(H2,19,20,21,22,24). The topological polar surface area (TPSA) is 79.4 Å². The van der Waals surface area contributed by atoms with E-state index in [4.69, 9.17) is 16.6 Å². The number of fused-ring (bicyclic) bond motifs is 1. The van der Waals surface area contributed by atoms with Gasteiger partial charge in [-0.3, -0.25) is 5.10 Å². The van der Waals surface area contributed by atoms with Crippen LogP contribution in [0.3, 0.4) is 0 Å². The van der Waals surface area contributed by atoms with Crippen LogP contribution in [0.2, 0.25) is 5.02 Å². The van der Waals surface area contributed by atoms with Gasteiger partial charge in [-0.1, -0.05) is 23.7 Å². The van der Waals surface area contributed by atoms with Crippen LogP contribution >= 0.6 is 22.9 Å². The number of nitrogens with one attached hydrogen (secondary N) is 2. The Bertz CT molecular complexity index is 1020. The maximum Gasteiger partial charge on any atom is 0.160 e. The van der Waals surface area contributed by atoms with Crippen molar-refractivity contribution < 1.29 is 0 Å². The molecule has 8 heteroatoms. The van der Waals surface area contributed by atoms with Crippen LogP contribution in [0.5, 0.6) is 0 Å². The fourth-order valence-corrected chi connectivity index (χ4v) is 3.70. The Labute approximate surface area is 153 Å². The lowest BCUT2D eigenvalue weighted by Crippen LogP contribution is -2.08. The van der Waals surface area contributed by atoms with Gasteiger partial charge in [0.25, 0.3) is 0 Å². The number of aryl methyl sites for hydroxylation is 1. The lowest BCUT2D eigenvalue weighted by atomic mass is 10.1. The molecule has 4 aromatic rings. The number of thiazole rings is 1. The Hall–Kier alpha value is -2.51. The zero-order chi connectivity index (χ0) is 17.4. The van der Waals surface area contributed by atoms with Gasteiger partial charge >= 0.3 is 0 Å². The Morgan fingerprint density at radius 2 is 2.00 bits per heavy atom. The van der Waals surface area contributed by atoms with E-state index in [9.17, 15) is 0 Å². The molecule has 126 valence electrons. The molecule has 0 fully saturated rings. The minimum Gasteiger partial charge on any atom is -0.360 e. The van der Waals surface area contributed by atoms with E-state index in [1.54, 1.807) is 17.5 Å². The first-order valence-electron chi connectivity index (χ1n) is 7.75. The van der Waals surface area contributed by atoms with Crippen molar-refractivity contribution in [2.24, 2.45) is 0 Å². The summed E-state index contributed by atoms with van der Waals surface area (Å²) in [4.78, 5) is 14.5. The van der Waals surface area contributed by atoms with Gasteiger partial charge in [0, 0.05) is 15.5 Å². The molecule has 1 atom stereocenters. The minimum atomic E-state index is 0.0118. The van der Waals surface area contributed by atoms with E-state index in [0.29, 0.717) is 5.65 Å². The van der Waals surface area contributed by atoms with Crippen LogP contribution in [0.4, 0.5) is 5.82 Å². The molecule has 1 unspecified atom stereocenters. The first kappa shape index (κ1) is 16.0. The van der Waals surface area contributed by atoms with Gasteiger partial charge in [-0.25, -0.2) is 15.0 Å². The second kappa shape index (κ2) is 6.42. The van der Waals surface area contributed by atoms with Gasteiger partial charge in [-0.05, 0) is 26.0 Å². The summed E-state index contributed by atoms with van der Waals surface area (Å²) in [6.45, 7) is 4.15. The molecule has 0 aliphatic rings. The third-order valence-corrected chi connectivity index (χ3v) is 5.31. The molecule has 1 aromatic carbocycles. The van der Waals surface area contributed by atoms with Gasteiger partial charge in [0.2, 0.25) is 0 Å². The van der Waals surface area contributed by atoms with Gasteiger partial charge in [0.1, 0.15) is 17.2 Å². The van der Waals surface area contributed by atoms with Crippen molar-refractivity contribution in [3.05, 3.63) is 51.7 Å². The van der Waals surface area contributed by atoms with Crippen molar-refractivity contribution >= 4 is 39.8 Å². The maximum absolute atomic E-state index is 5.98. The second-order valence-corrected chi connectivity index (χ2v) is 7.36. The zero-order valence-electron chi connectivity index (χ0n) is 13.6. The van der Waals surface area contributed by atoms with Crippen LogP contribution < -0.4 is 5.32 Å². The van der Waals surface area contributed by atoms with Crippen molar-refractivity contribution in [1.29, 1.82) is 0 Å². The number of aromatic amines is 1. The Kier molecular flexibility index (Phi) is 4.10. The van der Waals surface area contributed by atoms with Crippen LogP contribution in [0.15, 0.2) is 36.8 Å². The van der Waals surface area contributed by atoms with Gasteiger partial charge in [0.05, 0.1) is 23.3 Å². The highest BCUT2D eigenvalue weighted by Gasteiger charge is 2.16. The molecular weight excluding hydrogens is 356 g/mol. The normalized spacial score (nSPS) is 12.4. The number of anilines is 1. The molecule has 0 saturated carbocycles. The Balaban J connectivity index is 1.62. The van der Waals surface area contributed by atoms with Gasteiger partial charge in [0.15, 0.2) is 5.65 Å². The highest BCUT2D eigenvalue weighted by molar-refractivity contribution is 7.12. The molecule has 6 nitrogen and oxygen atoms in total. The summed E-state index contributed by atoms with van der Waals surface area (Å²) in [6.07, 6.45) is 3.23. The average Bonchev–Trinajstić information content (AvgIpc) is 3.23. The van der Waals surface area contributed by atoms with Crippen molar-refractivity contribution in [3.63, 3.8) is 0 Å². The molecule has 0 aliphatic carbocycles. The Morgan fingerprint density at radius 1 is 1.20 bits per heavy atom. The fraction of sp³-hybridized carbons (Fsp3) is 0.176. The smallest absolute Gasteiger partial charge is 0.160 e. The molecule has 3 heterocycles. The van der Waals surface area contributed by atoms with E-state index in [1.807, 2.05) is 24.3 Å². The van der Waals surface area contributed by atoms with E-state index in [-0.39, 0.29) is 6.04 Å². The summed E-state index contributed by atoms with van der Waals surface area (Å²) in [5.74, 6) is 0.743. The number of halogens is 1. The number of hydrogen-bond acceptors (Lipinski definition) is 6. The number of hydrogen-bond donors (Lipinski definition) is 2. The highest BCUT2D eigenvalue weighted by atomic mass is 35.5. The lowest BCUT2D eigenvalue weighted by molar-refractivity contribution is 0.863. The third-order valence-electron chi connectivity index (χ3n) is 3.90. The first-order valence-corrected chi connectivity index (χ1v) is 8.95. The zero-order valence-corrected chi connectivity index (χ0v) is 15.2. The van der Waals surface area contributed by atoms with E-state index < -0.39 is 0 Å². The molecule has 3 aromatic heterocycles. The van der Waals surface area contributed by atoms with Crippen LogP contribution in [-0.2, 0) is 0 Å². The molecule has 4 rings (SSSR count). The summed E-state index contributed by atoms with van der Waals surface area (Å²) in [5.41, 5.74) is 2.76. The predicted molar refractivity (Wildman–Crippen MR) is 101 cm³/mol. The van der Waals surface area contributed by atoms with Crippen LogP contribution in [-0.4, -0.2) is 25.1 Å². The summed E-state index contributed by atoms with van der Waals surface area (Å²) in [6, 6.07) is 7.76. The minimum absolute atomic E-state index is 0.0118.